The zero-order valence-electron chi connectivity index (χ0n) is 15.2. The monoisotopic (exact) mass is 386 g/mol. The van der Waals surface area contributed by atoms with Crippen molar-refractivity contribution in [2.24, 2.45) is 0 Å². The quantitative estimate of drug-likeness (QED) is 0.704. The highest BCUT2D eigenvalue weighted by Crippen LogP contribution is 2.27. The third kappa shape index (κ3) is 4.17. The number of nitrogens with zero attached hydrogens (tertiary/aromatic N) is 3. The van der Waals surface area contributed by atoms with Crippen LogP contribution in [-0.4, -0.2) is 32.5 Å². The fraction of sp³-hybridized carbons (Fsp3) is 0.263. The Labute approximate surface area is 160 Å². The van der Waals surface area contributed by atoms with Crippen LogP contribution in [0.2, 0.25) is 0 Å². The molecule has 0 unspecified atom stereocenters. The molecule has 0 saturated carbocycles. The van der Waals surface area contributed by atoms with Gasteiger partial charge in [0.05, 0.1) is 35.0 Å². The van der Waals surface area contributed by atoms with Crippen LogP contribution in [0.5, 0.6) is 0 Å². The van der Waals surface area contributed by atoms with E-state index in [1.165, 1.54) is 11.3 Å². The fourth-order valence-corrected chi connectivity index (χ4v) is 3.58. The van der Waals surface area contributed by atoms with Crippen molar-refractivity contribution in [3.63, 3.8) is 0 Å². The van der Waals surface area contributed by atoms with Crippen LogP contribution < -0.4 is 5.32 Å². The van der Waals surface area contributed by atoms with Gasteiger partial charge in [-0.15, -0.1) is 11.3 Å². The lowest BCUT2D eigenvalue weighted by atomic mass is 10.0. The van der Waals surface area contributed by atoms with Crippen molar-refractivity contribution < 1.29 is 14.3 Å². The predicted octanol–water partition coefficient (Wildman–Crippen LogP) is 2.99. The standard InChI is InChI=1S/C19H19FN4O2S/c1-11-4-5-13(17-21-7-14(20)8-22-17)6-15(11)18(25)23-9-19(3,26)16-12(2)24-10-27-16/h4-8,10,26H,9H2,1-3H3,(H,23,25)/t19-/m1/s1. The van der Waals surface area contributed by atoms with Crippen LogP contribution in [0.1, 0.15) is 33.4 Å². The molecule has 1 aromatic carbocycles. The summed E-state index contributed by atoms with van der Waals surface area (Å²) in [6, 6.07) is 5.21. The molecule has 0 aliphatic rings. The minimum atomic E-state index is -1.22. The molecule has 140 valence electrons. The Morgan fingerprint density at radius 3 is 2.59 bits per heavy atom. The van der Waals surface area contributed by atoms with E-state index in [4.69, 9.17) is 0 Å². The molecule has 1 atom stereocenters. The molecule has 2 N–H and O–H groups in total. The zero-order valence-corrected chi connectivity index (χ0v) is 16.0. The predicted molar refractivity (Wildman–Crippen MR) is 101 cm³/mol. The van der Waals surface area contributed by atoms with Gasteiger partial charge in [0.2, 0.25) is 0 Å². The number of nitrogens with one attached hydrogen (secondary N) is 1. The van der Waals surface area contributed by atoms with Gasteiger partial charge < -0.3 is 10.4 Å². The number of rotatable bonds is 5. The molecule has 0 saturated heterocycles. The molecule has 2 aromatic heterocycles. The van der Waals surface area contributed by atoms with Crippen molar-refractivity contribution in [2.45, 2.75) is 26.4 Å². The minimum Gasteiger partial charge on any atom is -0.383 e. The normalized spacial score (nSPS) is 13.2. The summed E-state index contributed by atoms with van der Waals surface area (Å²) >= 11 is 1.35. The number of aryl methyl sites for hydroxylation is 2. The van der Waals surface area contributed by atoms with E-state index in [2.05, 4.69) is 20.3 Å². The Morgan fingerprint density at radius 1 is 1.26 bits per heavy atom. The average Bonchev–Trinajstić information content (AvgIpc) is 3.08. The first-order valence-electron chi connectivity index (χ1n) is 8.27. The second kappa shape index (κ2) is 7.50. The topological polar surface area (TPSA) is 88.0 Å². The summed E-state index contributed by atoms with van der Waals surface area (Å²) in [5.41, 5.74) is 3.01. The van der Waals surface area contributed by atoms with Crippen LogP contribution >= 0.6 is 11.3 Å². The minimum absolute atomic E-state index is 0.0472. The Bertz CT molecular complexity index is 970. The van der Waals surface area contributed by atoms with Crippen molar-refractivity contribution in [2.75, 3.05) is 6.54 Å². The van der Waals surface area contributed by atoms with Gasteiger partial charge >= 0.3 is 0 Å². The van der Waals surface area contributed by atoms with Gasteiger partial charge in [0.1, 0.15) is 5.60 Å². The molecule has 0 bridgehead atoms. The van der Waals surface area contributed by atoms with E-state index in [1.807, 2.05) is 13.8 Å². The Kier molecular flexibility index (Phi) is 5.29. The van der Waals surface area contributed by atoms with Crippen LogP contribution in [0, 0.1) is 19.7 Å². The molecule has 0 aliphatic carbocycles. The molecule has 2 heterocycles. The second-order valence-electron chi connectivity index (χ2n) is 6.48. The summed E-state index contributed by atoms with van der Waals surface area (Å²) in [7, 11) is 0. The maximum Gasteiger partial charge on any atom is 0.251 e. The van der Waals surface area contributed by atoms with Crippen molar-refractivity contribution in [3.8, 4) is 11.4 Å². The number of halogens is 1. The van der Waals surface area contributed by atoms with Gasteiger partial charge in [-0.1, -0.05) is 12.1 Å². The Morgan fingerprint density at radius 2 is 1.96 bits per heavy atom. The van der Waals surface area contributed by atoms with Gasteiger partial charge in [-0.25, -0.2) is 19.3 Å². The summed E-state index contributed by atoms with van der Waals surface area (Å²) in [6.45, 7) is 5.32. The van der Waals surface area contributed by atoms with E-state index in [0.717, 1.165) is 23.7 Å². The number of hydrogen-bond acceptors (Lipinski definition) is 6. The molecule has 1 amide bonds. The first kappa shape index (κ1) is 19.1. The van der Waals surface area contributed by atoms with Crippen LogP contribution in [0.4, 0.5) is 4.39 Å². The molecule has 3 rings (SSSR count). The van der Waals surface area contributed by atoms with E-state index in [9.17, 15) is 14.3 Å². The van der Waals surface area contributed by atoms with Crippen LogP contribution in [0.15, 0.2) is 36.1 Å². The maximum atomic E-state index is 13.0. The highest BCUT2D eigenvalue weighted by molar-refractivity contribution is 7.09. The van der Waals surface area contributed by atoms with Crippen LogP contribution in [0.25, 0.3) is 11.4 Å². The fourth-order valence-electron chi connectivity index (χ4n) is 2.71. The molecule has 0 radical (unpaired) electrons. The van der Waals surface area contributed by atoms with E-state index in [0.29, 0.717) is 21.8 Å². The maximum absolute atomic E-state index is 13.0. The number of carbonyl (C=O) groups is 1. The first-order valence-corrected chi connectivity index (χ1v) is 9.15. The van der Waals surface area contributed by atoms with E-state index >= 15 is 0 Å². The SMILES string of the molecule is Cc1ccc(-c2ncc(F)cn2)cc1C(=O)NC[C@@](C)(O)c1scnc1C. The molecule has 0 aliphatic heterocycles. The smallest absolute Gasteiger partial charge is 0.251 e. The molecular weight excluding hydrogens is 367 g/mol. The zero-order chi connectivity index (χ0) is 19.6. The number of benzene rings is 1. The molecule has 3 aromatic rings. The molecule has 27 heavy (non-hydrogen) atoms. The molecule has 0 fully saturated rings. The summed E-state index contributed by atoms with van der Waals surface area (Å²) in [5.74, 6) is -0.513. The lowest BCUT2D eigenvalue weighted by molar-refractivity contribution is 0.0550. The Balaban J connectivity index is 1.79. The number of carbonyl (C=O) groups excluding carboxylic acids is 1. The summed E-state index contributed by atoms with van der Waals surface area (Å²) in [4.78, 5) is 25.4. The van der Waals surface area contributed by atoms with Gasteiger partial charge in [-0.05, 0) is 32.4 Å². The molecule has 8 heteroatoms. The van der Waals surface area contributed by atoms with E-state index < -0.39 is 11.4 Å². The van der Waals surface area contributed by atoms with Crippen molar-refractivity contribution >= 4 is 17.2 Å². The lowest BCUT2D eigenvalue weighted by Gasteiger charge is -2.23. The van der Waals surface area contributed by atoms with Gasteiger partial charge in [0.25, 0.3) is 5.91 Å². The number of hydrogen-bond donors (Lipinski definition) is 2. The Hall–Kier alpha value is -2.71. The molecule has 6 nitrogen and oxygen atoms in total. The van der Waals surface area contributed by atoms with Crippen LogP contribution in [0.3, 0.4) is 0 Å². The van der Waals surface area contributed by atoms with Gasteiger partial charge in [0.15, 0.2) is 11.6 Å². The average molecular weight is 386 g/mol. The van der Waals surface area contributed by atoms with Crippen LogP contribution in [-0.2, 0) is 5.60 Å². The third-order valence-electron chi connectivity index (χ3n) is 4.19. The number of aliphatic hydroxyl groups is 1. The van der Waals surface area contributed by atoms with Gasteiger partial charge in [-0.3, -0.25) is 4.79 Å². The second-order valence-corrected chi connectivity index (χ2v) is 7.33. The third-order valence-corrected chi connectivity index (χ3v) is 5.37. The molecular formula is C19H19FN4O2S. The van der Waals surface area contributed by atoms with Gasteiger partial charge in [-0.2, -0.15) is 0 Å². The first-order chi connectivity index (χ1) is 12.8. The highest BCUT2D eigenvalue weighted by atomic mass is 32.1. The lowest BCUT2D eigenvalue weighted by Crippen LogP contribution is -2.38. The van der Waals surface area contributed by atoms with E-state index in [1.54, 1.807) is 30.6 Å². The number of amides is 1. The number of thiazole rings is 1. The number of aromatic nitrogens is 3. The van der Waals surface area contributed by atoms with Crippen molar-refractivity contribution in [1.29, 1.82) is 0 Å². The summed E-state index contributed by atoms with van der Waals surface area (Å²) < 4.78 is 13.0. The summed E-state index contributed by atoms with van der Waals surface area (Å²) in [6.07, 6.45) is 2.16. The largest absolute Gasteiger partial charge is 0.383 e. The van der Waals surface area contributed by atoms with E-state index in [-0.39, 0.29) is 12.5 Å². The van der Waals surface area contributed by atoms with Crippen molar-refractivity contribution in [3.05, 3.63) is 63.6 Å². The highest BCUT2D eigenvalue weighted by Gasteiger charge is 2.28. The molecule has 0 spiro atoms. The van der Waals surface area contributed by atoms with Crippen molar-refractivity contribution in [1.82, 2.24) is 20.3 Å². The summed E-state index contributed by atoms with van der Waals surface area (Å²) in [5, 5.41) is 13.5. The van der Waals surface area contributed by atoms with Gasteiger partial charge in [0, 0.05) is 11.1 Å².